The Morgan fingerprint density at radius 2 is 1.86 bits per heavy atom. The molecule has 2 N–H and O–H groups in total. The van der Waals surface area contributed by atoms with Crippen molar-refractivity contribution >= 4 is 28.3 Å². The van der Waals surface area contributed by atoms with E-state index in [0.717, 1.165) is 0 Å². The number of amides is 1. The van der Waals surface area contributed by atoms with Crippen LogP contribution in [-0.4, -0.2) is 58.1 Å². The van der Waals surface area contributed by atoms with Crippen molar-refractivity contribution in [1.29, 1.82) is 0 Å². The molecule has 1 aromatic heterocycles. The van der Waals surface area contributed by atoms with Crippen LogP contribution in [0.4, 0.5) is 5.69 Å². The van der Waals surface area contributed by atoms with Gasteiger partial charge < -0.3 is 20.1 Å². The highest BCUT2D eigenvalue weighted by Gasteiger charge is 2.34. The summed E-state index contributed by atoms with van der Waals surface area (Å²) < 4.78 is 7.10. The molecule has 0 radical (unpaired) electrons. The molecule has 0 spiro atoms. The Bertz CT molecular complexity index is 1130. The minimum Gasteiger partial charge on any atom is -0.466 e. The first-order valence-corrected chi connectivity index (χ1v) is 8.49. The first-order valence-electron chi connectivity index (χ1n) is 8.49. The number of hydrogen-bond acceptors (Lipinski definition) is 7. The van der Waals surface area contributed by atoms with Gasteiger partial charge in [0.15, 0.2) is 0 Å². The molecule has 3 rings (SSSR count). The van der Waals surface area contributed by atoms with E-state index in [1.165, 1.54) is 41.5 Å². The Balaban J connectivity index is 2.18. The highest BCUT2D eigenvalue weighted by atomic mass is 16.5. The molecule has 1 aromatic carbocycles. The molecule has 0 atom stereocenters. The highest BCUT2D eigenvalue weighted by molar-refractivity contribution is 6.09. The molecule has 0 saturated heterocycles. The fourth-order valence-corrected chi connectivity index (χ4v) is 3.16. The third-order valence-corrected chi connectivity index (χ3v) is 4.76. The lowest BCUT2D eigenvalue weighted by Crippen LogP contribution is -2.35. The van der Waals surface area contributed by atoms with Gasteiger partial charge in [-0.25, -0.2) is 4.79 Å². The van der Waals surface area contributed by atoms with Gasteiger partial charge >= 0.3 is 5.97 Å². The molecule has 28 heavy (non-hydrogen) atoms. The molecule has 0 unspecified atom stereocenters. The number of rotatable bonds is 5. The molecule has 1 aliphatic heterocycles. The predicted octanol–water partition coefficient (Wildman–Crippen LogP) is -1.09. The summed E-state index contributed by atoms with van der Waals surface area (Å²) in [4.78, 5) is 51.3. The lowest BCUT2D eigenvalue weighted by molar-refractivity contribution is -0.136. The summed E-state index contributed by atoms with van der Waals surface area (Å²) >= 11 is 0. The van der Waals surface area contributed by atoms with Crippen molar-refractivity contribution in [3.8, 4) is 0 Å². The van der Waals surface area contributed by atoms with Crippen LogP contribution in [0.5, 0.6) is 0 Å². The molecule has 1 amide bonds. The van der Waals surface area contributed by atoms with Gasteiger partial charge in [0, 0.05) is 20.6 Å². The van der Waals surface area contributed by atoms with Crippen LogP contribution in [0.1, 0.15) is 0 Å². The Hall–Kier alpha value is -3.40. The van der Waals surface area contributed by atoms with Crippen LogP contribution < -0.4 is 16.4 Å². The van der Waals surface area contributed by atoms with Crippen molar-refractivity contribution in [2.75, 3.05) is 32.1 Å². The van der Waals surface area contributed by atoms with Gasteiger partial charge in [-0.1, -0.05) is 6.07 Å². The number of aromatic nitrogens is 2. The standard InChI is InChI=1S/C18H20N4O6/c1-20-15(24)10-5-4-6-12(13(10)16(25)21(20)2)19-14-11(18(27)28-3)9-22(7-8-23)17(14)26/h4-6,19,23H,7-9H2,1-3H3. The average molecular weight is 388 g/mol. The minimum atomic E-state index is -0.694. The third-order valence-electron chi connectivity index (χ3n) is 4.76. The fourth-order valence-electron chi connectivity index (χ4n) is 3.16. The molecule has 0 aliphatic carbocycles. The van der Waals surface area contributed by atoms with Crippen molar-refractivity contribution in [1.82, 2.24) is 14.3 Å². The van der Waals surface area contributed by atoms with Crippen molar-refractivity contribution < 1.29 is 19.4 Å². The zero-order chi connectivity index (χ0) is 20.6. The maximum atomic E-state index is 12.7. The van der Waals surface area contributed by atoms with Crippen LogP contribution in [0, 0.1) is 0 Å². The summed E-state index contributed by atoms with van der Waals surface area (Å²) in [6, 6.07) is 4.65. The third kappa shape index (κ3) is 2.97. The SMILES string of the molecule is COC(=O)C1=C(Nc2cccc3c(=O)n(C)n(C)c(=O)c23)C(=O)N(CCO)C1. The molecular formula is C18H20N4O6. The molecule has 1 aliphatic rings. The number of nitrogens with zero attached hydrogens (tertiary/aromatic N) is 3. The Morgan fingerprint density at radius 1 is 1.18 bits per heavy atom. The monoisotopic (exact) mass is 388 g/mol. The zero-order valence-corrected chi connectivity index (χ0v) is 15.7. The number of hydrogen-bond donors (Lipinski definition) is 2. The van der Waals surface area contributed by atoms with Crippen LogP contribution in [0.2, 0.25) is 0 Å². The number of esters is 1. The number of aliphatic hydroxyl groups excluding tert-OH is 1. The van der Waals surface area contributed by atoms with Gasteiger partial charge in [-0.05, 0) is 12.1 Å². The zero-order valence-electron chi connectivity index (χ0n) is 15.7. The Labute approximate surface area is 159 Å². The molecule has 148 valence electrons. The highest BCUT2D eigenvalue weighted by Crippen LogP contribution is 2.25. The number of ether oxygens (including phenoxy) is 1. The quantitative estimate of drug-likeness (QED) is 0.624. The second-order valence-electron chi connectivity index (χ2n) is 6.31. The largest absolute Gasteiger partial charge is 0.466 e. The number of fused-ring (bicyclic) bond motifs is 1. The van der Waals surface area contributed by atoms with E-state index >= 15 is 0 Å². The number of carbonyl (C=O) groups excluding carboxylic acids is 2. The summed E-state index contributed by atoms with van der Waals surface area (Å²) in [5, 5.41) is 12.3. The van der Waals surface area contributed by atoms with Crippen LogP contribution >= 0.6 is 0 Å². The van der Waals surface area contributed by atoms with E-state index in [9.17, 15) is 19.2 Å². The fraction of sp³-hybridized carbons (Fsp3) is 0.333. The van der Waals surface area contributed by atoms with Crippen LogP contribution in [0.15, 0.2) is 39.1 Å². The van der Waals surface area contributed by atoms with Crippen molar-refractivity contribution in [3.63, 3.8) is 0 Å². The summed E-state index contributed by atoms with van der Waals surface area (Å²) in [5.74, 6) is -1.20. The smallest absolute Gasteiger partial charge is 0.337 e. The summed E-state index contributed by atoms with van der Waals surface area (Å²) in [7, 11) is 4.14. The number of carbonyl (C=O) groups is 2. The summed E-state index contributed by atoms with van der Waals surface area (Å²) in [5.41, 5.74) is -0.541. The van der Waals surface area contributed by atoms with Gasteiger partial charge in [-0.2, -0.15) is 0 Å². The molecule has 0 bridgehead atoms. The maximum Gasteiger partial charge on any atom is 0.337 e. The average Bonchev–Trinajstić information content (AvgIpc) is 3.00. The number of anilines is 1. The van der Waals surface area contributed by atoms with E-state index in [0.29, 0.717) is 0 Å². The molecule has 0 fully saturated rings. The first kappa shape index (κ1) is 19.4. The Kier molecular flexibility index (Phi) is 5.06. The minimum absolute atomic E-state index is 0.0288. The van der Waals surface area contributed by atoms with Crippen LogP contribution in [0.25, 0.3) is 10.8 Å². The van der Waals surface area contributed by atoms with Gasteiger partial charge in [0.25, 0.3) is 17.0 Å². The Morgan fingerprint density at radius 3 is 2.50 bits per heavy atom. The molecular weight excluding hydrogens is 368 g/mol. The maximum absolute atomic E-state index is 12.7. The van der Waals surface area contributed by atoms with Crippen molar-refractivity contribution in [2.24, 2.45) is 14.1 Å². The van der Waals surface area contributed by atoms with E-state index in [4.69, 9.17) is 9.84 Å². The summed E-state index contributed by atoms with van der Waals surface area (Å²) in [6.45, 7) is -0.250. The molecule has 10 nitrogen and oxygen atoms in total. The van der Waals surface area contributed by atoms with E-state index in [2.05, 4.69) is 5.32 Å². The second kappa shape index (κ2) is 7.31. The van der Waals surface area contributed by atoms with E-state index in [1.807, 2.05) is 0 Å². The molecule has 10 heteroatoms. The number of methoxy groups -OCH3 is 1. The van der Waals surface area contributed by atoms with E-state index in [-0.39, 0.29) is 53.0 Å². The first-order chi connectivity index (χ1) is 13.3. The normalized spacial score (nSPS) is 14.1. The lowest BCUT2D eigenvalue weighted by Gasteiger charge is -2.16. The number of β-amino-alcohol motifs (C(OH)–C–C–N with tert-alkyl or cyclic N) is 1. The van der Waals surface area contributed by atoms with Crippen molar-refractivity contribution in [2.45, 2.75) is 0 Å². The second-order valence-corrected chi connectivity index (χ2v) is 6.31. The van der Waals surface area contributed by atoms with E-state index in [1.54, 1.807) is 12.1 Å². The van der Waals surface area contributed by atoms with Crippen LogP contribution in [0.3, 0.4) is 0 Å². The predicted molar refractivity (Wildman–Crippen MR) is 101 cm³/mol. The van der Waals surface area contributed by atoms with Crippen LogP contribution in [-0.2, 0) is 28.4 Å². The van der Waals surface area contributed by atoms with Crippen molar-refractivity contribution in [3.05, 3.63) is 50.2 Å². The molecule has 2 aromatic rings. The number of nitrogens with one attached hydrogen (secondary N) is 1. The van der Waals surface area contributed by atoms with E-state index < -0.39 is 17.4 Å². The molecule has 0 saturated carbocycles. The van der Waals surface area contributed by atoms with Gasteiger partial charge in [0.1, 0.15) is 5.70 Å². The number of benzene rings is 1. The van der Waals surface area contributed by atoms with Gasteiger partial charge in [-0.3, -0.25) is 23.7 Å². The summed E-state index contributed by atoms with van der Waals surface area (Å²) in [6.07, 6.45) is 0. The van der Waals surface area contributed by atoms with Gasteiger partial charge in [-0.15, -0.1) is 0 Å². The lowest BCUT2D eigenvalue weighted by atomic mass is 10.1. The number of aliphatic hydroxyl groups is 1. The topological polar surface area (TPSA) is 123 Å². The van der Waals surface area contributed by atoms with Gasteiger partial charge in [0.05, 0.1) is 42.3 Å². The molecule has 2 heterocycles. The van der Waals surface area contributed by atoms with Gasteiger partial charge in [0.2, 0.25) is 0 Å².